The number of rotatable bonds is 15. The number of aliphatic hydroxyl groups is 1. The molecule has 174 valence electrons. The molecule has 0 aromatic rings. The van der Waals surface area contributed by atoms with Gasteiger partial charge in [-0.1, -0.05) is 70.3 Å². The molecule has 1 aliphatic heterocycles. The highest BCUT2D eigenvalue weighted by atomic mass is 16.7. The normalized spacial score (nSPS) is 30.0. The molecular weight excluding hydrogens is 372 g/mol. The lowest BCUT2D eigenvalue weighted by molar-refractivity contribution is -0.196. The molecule has 0 spiro atoms. The average Bonchev–Trinajstić information content (AvgIpc) is 3.04. The zero-order valence-corrected chi connectivity index (χ0v) is 19.8. The van der Waals surface area contributed by atoms with Crippen LogP contribution in [0.2, 0.25) is 0 Å². The van der Waals surface area contributed by atoms with Crippen LogP contribution in [0.4, 0.5) is 0 Å². The molecule has 2 fully saturated rings. The van der Waals surface area contributed by atoms with Crippen LogP contribution < -0.4 is 0 Å². The van der Waals surface area contributed by atoms with Crippen LogP contribution in [0.5, 0.6) is 0 Å². The maximum Gasteiger partial charge on any atom is 0.157 e. The zero-order valence-electron chi connectivity index (χ0n) is 19.8. The zero-order chi connectivity index (χ0) is 21.4. The third-order valence-corrected chi connectivity index (χ3v) is 6.82. The predicted octanol–water partition coefficient (Wildman–Crippen LogP) is 7.34. The lowest BCUT2D eigenvalue weighted by Gasteiger charge is -2.30. The van der Waals surface area contributed by atoms with E-state index in [1.807, 2.05) is 0 Å². The van der Waals surface area contributed by atoms with Crippen molar-refractivity contribution in [1.82, 2.24) is 0 Å². The molecule has 3 heteroatoms. The van der Waals surface area contributed by atoms with Crippen LogP contribution in [0.3, 0.4) is 0 Å². The van der Waals surface area contributed by atoms with Gasteiger partial charge in [-0.3, -0.25) is 0 Å². The first-order valence-corrected chi connectivity index (χ1v) is 13.0. The molecule has 1 heterocycles. The Morgan fingerprint density at radius 3 is 2.40 bits per heavy atom. The summed E-state index contributed by atoms with van der Waals surface area (Å²) in [5, 5.41) is 10.8. The van der Waals surface area contributed by atoms with Crippen molar-refractivity contribution in [1.29, 1.82) is 0 Å². The molecule has 1 saturated heterocycles. The minimum absolute atomic E-state index is 0.0635. The summed E-state index contributed by atoms with van der Waals surface area (Å²) in [5.74, 6) is 0.737. The summed E-state index contributed by atoms with van der Waals surface area (Å²) in [5.41, 5.74) is 0. The topological polar surface area (TPSA) is 38.7 Å². The molecule has 3 nitrogen and oxygen atoms in total. The SMILES string of the molecule is CCCCC=CC[C@@H]1[C@@H](CCC=CCCCCCC)[C@H](OC2CCCCO2)C[C@@H]1O. The molecule has 1 N–H and O–H groups in total. The van der Waals surface area contributed by atoms with Crippen LogP contribution in [0, 0.1) is 11.8 Å². The van der Waals surface area contributed by atoms with Gasteiger partial charge in [-0.15, -0.1) is 0 Å². The predicted molar refractivity (Wildman–Crippen MR) is 126 cm³/mol. The van der Waals surface area contributed by atoms with Crippen LogP contribution in [-0.2, 0) is 9.47 Å². The Kier molecular flexibility index (Phi) is 13.7. The van der Waals surface area contributed by atoms with Gasteiger partial charge in [-0.2, -0.15) is 0 Å². The summed E-state index contributed by atoms with van der Waals surface area (Å²) in [6, 6.07) is 0. The van der Waals surface area contributed by atoms with Crippen LogP contribution in [0.15, 0.2) is 24.3 Å². The molecule has 0 aromatic carbocycles. The second kappa shape index (κ2) is 16.1. The van der Waals surface area contributed by atoms with Gasteiger partial charge in [0.1, 0.15) is 0 Å². The van der Waals surface area contributed by atoms with E-state index >= 15 is 0 Å². The van der Waals surface area contributed by atoms with Gasteiger partial charge >= 0.3 is 0 Å². The third-order valence-electron chi connectivity index (χ3n) is 6.82. The highest BCUT2D eigenvalue weighted by molar-refractivity contribution is 4.98. The molecule has 0 aromatic heterocycles. The highest BCUT2D eigenvalue weighted by Gasteiger charge is 2.43. The van der Waals surface area contributed by atoms with Crippen LogP contribution in [0.1, 0.15) is 110 Å². The van der Waals surface area contributed by atoms with Crippen LogP contribution >= 0.6 is 0 Å². The number of allylic oxidation sites excluding steroid dienone is 4. The number of hydrogen-bond acceptors (Lipinski definition) is 3. The number of ether oxygens (including phenoxy) is 2. The second-order valence-electron chi connectivity index (χ2n) is 9.35. The summed E-state index contributed by atoms with van der Waals surface area (Å²) in [7, 11) is 0. The molecule has 1 aliphatic carbocycles. The van der Waals surface area contributed by atoms with Crippen molar-refractivity contribution in [3.05, 3.63) is 24.3 Å². The lowest BCUT2D eigenvalue weighted by atomic mass is 9.86. The van der Waals surface area contributed by atoms with Gasteiger partial charge in [-0.05, 0) is 69.6 Å². The Hall–Kier alpha value is -0.640. The van der Waals surface area contributed by atoms with E-state index in [2.05, 4.69) is 38.2 Å². The number of unbranched alkanes of at least 4 members (excludes halogenated alkanes) is 6. The fraction of sp³-hybridized carbons (Fsp3) is 0.852. The smallest absolute Gasteiger partial charge is 0.157 e. The van der Waals surface area contributed by atoms with Crippen LogP contribution in [-0.4, -0.2) is 30.2 Å². The average molecular weight is 421 g/mol. The van der Waals surface area contributed by atoms with Gasteiger partial charge in [0, 0.05) is 13.0 Å². The Labute approximate surface area is 186 Å². The number of aliphatic hydroxyl groups excluding tert-OH is 1. The summed E-state index contributed by atoms with van der Waals surface area (Å²) in [4.78, 5) is 0. The maximum absolute atomic E-state index is 10.8. The lowest BCUT2D eigenvalue weighted by Crippen LogP contribution is -2.31. The first-order valence-electron chi connectivity index (χ1n) is 13.0. The molecule has 0 radical (unpaired) electrons. The van der Waals surface area contributed by atoms with E-state index in [9.17, 15) is 5.11 Å². The highest BCUT2D eigenvalue weighted by Crippen LogP contribution is 2.41. The second-order valence-corrected chi connectivity index (χ2v) is 9.35. The van der Waals surface area contributed by atoms with E-state index in [-0.39, 0.29) is 18.5 Å². The maximum atomic E-state index is 10.8. The molecule has 1 saturated carbocycles. The summed E-state index contributed by atoms with van der Waals surface area (Å²) in [6.45, 7) is 5.31. The van der Waals surface area contributed by atoms with Crippen molar-refractivity contribution < 1.29 is 14.6 Å². The van der Waals surface area contributed by atoms with Crippen molar-refractivity contribution in [3.63, 3.8) is 0 Å². The first kappa shape index (κ1) is 25.6. The van der Waals surface area contributed by atoms with Crippen molar-refractivity contribution >= 4 is 0 Å². The van der Waals surface area contributed by atoms with Crippen LogP contribution in [0.25, 0.3) is 0 Å². The van der Waals surface area contributed by atoms with Crippen molar-refractivity contribution in [2.45, 2.75) is 129 Å². The largest absolute Gasteiger partial charge is 0.393 e. The molecular formula is C27H48O3. The third kappa shape index (κ3) is 9.66. The Bertz CT molecular complexity index is 467. The van der Waals surface area contributed by atoms with Gasteiger partial charge in [0.25, 0.3) is 0 Å². The van der Waals surface area contributed by atoms with Crippen molar-refractivity contribution in [2.24, 2.45) is 11.8 Å². The quantitative estimate of drug-likeness (QED) is 0.222. The first-order chi connectivity index (χ1) is 14.8. The van der Waals surface area contributed by atoms with Crippen molar-refractivity contribution in [2.75, 3.05) is 6.61 Å². The van der Waals surface area contributed by atoms with E-state index in [0.29, 0.717) is 11.8 Å². The molecule has 1 unspecified atom stereocenters. The molecule has 0 amide bonds. The monoisotopic (exact) mass is 420 g/mol. The van der Waals surface area contributed by atoms with E-state index in [0.717, 1.165) is 51.6 Å². The van der Waals surface area contributed by atoms with E-state index < -0.39 is 0 Å². The fourth-order valence-corrected chi connectivity index (χ4v) is 4.96. The molecule has 2 rings (SSSR count). The molecule has 30 heavy (non-hydrogen) atoms. The van der Waals surface area contributed by atoms with E-state index in [1.165, 1.54) is 51.4 Å². The Morgan fingerprint density at radius 1 is 0.867 bits per heavy atom. The van der Waals surface area contributed by atoms with Gasteiger partial charge in [0.15, 0.2) is 6.29 Å². The van der Waals surface area contributed by atoms with Gasteiger partial charge < -0.3 is 14.6 Å². The van der Waals surface area contributed by atoms with Gasteiger partial charge in [-0.25, -0.2) is 0 Å². The van der Waals surface area contributed by atoms with Crippen molar-refractivity contribution in [3.8, 4) is 0 Å². The fourth-order valence-electron chi connectivity index (χ4n) is 4.96. The molecule has 5 atom stereocenters. The Morgan fingerprint density at radius 2 is 1.63 bits per heavy atom. The standard InChI is InChI=1S/C27H48O3/c1-3-5-7-9-10-11-13-15-19-24-23(18-14-12-8-6-4-2)25(28)22-26(24)30-27-20-16-17-21-29-27/h11-14,23-28H,3-10,15-22H2,1-2H3/t23-,24-,25+,26-,27?/m1/s1. The summed E-state index contributed by atoms with van der Waals surface area (Å²) >= 11 is 0. The Balaban J connectivity index is 1.85. The van der Waals surface area contributed by atoms with Gasteiger partial charge in [0.2, 0.25) is 0 Å². The summed E-state index contributed by atoms with van der Waals surface area (Å²) < 4.78 is 12.2. The van der Waals surface area contributed by atoms with E-state index in [1.54, 1.807) is 0 Å². The molecule has 2 aliphatic rings. The summed E-state index contributed by atoms with van der Waals surface area (Å²) in [6.07, 6.45) is 26.6. The van der Waals surface area contributed by atoms with E-state index in [4.69, 9.17) is 9.47 Å². The minimum Gasteiger partial charge on any atom is -0.393 e. The number of hydrogen-bond donors (Lipinski definition) is 1. The van der Waals surface area contributed by atoms with Gasteiger partial charge in [0.05, 0.1) is 12.2 Å². The molecule has 0 bridgehead atoms. The minimum atomic E-state index is -0.252.